The Morgan fingerprint density at radius 2 is 1.67 bits per heavy atom. The fourth-order valence-electron chi connectivity index (χ4n) is 3.88. The summed E-state index contributed by atoms with van der Waals surface area (Å²) in [4.78, 5) is 51.7. The maximum atomic E-state index is 13.6. The summed E-state index contributed by atoms with van der Waals surface area (Å²) in [6.07, 6.45) is -9.84. The number of halogens is 7. The number of amides is 3. The van der Waals surface area contributed by atoms with E-state index in [0.29, 0.717) is 11.1 Å². The molecule has 1 aliphatic rings. The Balaban J connectivity index is 2.10. The van der Waals surface area contributed by atoms with Crippen molar-refractivity contribution in [3.8, 4) is 5.75 Å². The highest BCUT2D eigenvalue weighted by Crippen LogP contribution is 2.39. The number of alkyl halides is 6. The minimum absolute atomic E-state index is 0.0988. The molecular weight excluding hydrogens is 604 g/mol. The monoisotopic (exact) mass is 623 g/mol. The predicted octanol–water partition coefficient (Wildman–Crippen LogP) is 5.17. The van der Waals surface area contributed by atoms with Crippen molar-refractivity contribution in [1.82, 2.24) is 5.01 Å². The lowest BCUT2D eigenvalue weighted by Gasteiger charge is -2.26. The Morgan fingerprint density at radius 3 is 2.17 bits per heavy atom. The molecule has 0 spiro atoms. The van der Waals surface area contributed by atoms with Crippen LogP contribution in [0, 0.1) is 5.41 Å². The van der Waals surface area contributed by atoms with Crippen LogP contribution in [0.5, 0.6) is 5.75 Å². The Hall–Kier alpha value is -4.34. The Kier molecular flexibility index (Phi) is 9.10. The third-order valence-corrected chi connectivity index (χ3v) is 6.10. The minimum atomic E-state index is -5.04. The largest absolute Gasteiger partial charge is 0.573 e. The number of anilines is 1. The summed E-state index contributed by atoms with van der Waals surface area (Å²) in [5.41, 5.74) is -3.75. The van der Waals surface area contributed by atoms with Crippen LogP contribution in [0.3, 0.4) is 0 Å². The summed E-state index contributed by atoms with van der Waals surface area (Å²) >= 11 is 5.84. The predicted molar refractivity (Wildman–Crippen MR) is 132 cm³/mol. The molecule has 17 heteroatoms. The van der Waals surface area contributed by atoms with Crippen LogP contribution < -0.4 is 9.64 Å². The quantitative estimate of drug-likeness (QED) is 0.256. The van der Waals surface area contributed by atoms with Gasteiger partial charge in [0, 0.05) is 5.56 Å². The summed E-state index contributed by atoms with van der Waals surface area (Å²) in [5.74, 6) is -4.76. The lowest BCUT2D eigenvalue weighted by Crippen LogP contribution is -2.49. The van der Waals surface area contributed by atoms with E-state index in [4.69, 9.17) is 16.3 Å². The molecule has 1 aliphatic heterocycles. The second kappa shape index (κ2) is 11.9. The molecule has 0 saturated carbocycles. The number of urea groups is 1. The summed E-state index contributed by atoms with van der Waals surface area (Å²) in [6, 6.07) is 4.38. The molecule has 226 valence electrons. The number of hydrazone groups is 1. The van der Waals surface area contributed by atoms with E-state index in [1.165, 1.54) is 13.8 Å². The van der Waals surface area contributed by atoms with Gasteiger partial charge in [0.15, 0.2) is 0 Å². The molecule has 3 amide bonds. The highest BCUT2D eigenvalue weighted by molar-refractivity contribution is 6.43. The van der Waals surface area contributed by atoms with Gasteiger partial charge in [-0.25, -0.2) is 19.5 Å². The van der Waals surface area contributed by atoms with Gasteiger partial charge in [0.25, 0.3) is 0 Å². The number of esters is 2. The van der Waals surface area contributed by atoms with Gasteiger partial charge < -0.3 is 14.2 Å². The first-order valence-corrected chi connectivity index (χ1v) is 12.0. The van der Waals surface area contributed by atoms with Crippen molar-refractivity contribution in [3.63, 3.8) is 0 Å². The molecule has 0 saturated heterocycles. The molecule has 0 aromatic heterocycles. The SMILES string of the molecule is CCOC(=O)C1(C)CN(C(=O)N(C(=O)C(=O)OC)c2ccc(OC(F)(F)F)cc2)N=C1c1ccc(C(F)(F)F)c(Cl)c1. The smallest absolute Gasteiger partial charge is 0.465 e. The highest BCUT2D eigenvalue weighted by Gasteiger charge is 2.50. The first-order chi connectivity index (χ1) is 19.4. The lowest BCUT2D eigenvalue weighted by atomic mass is 9.82. The lowest BCUT2D eigenvalue weighted by molar-refractivity contribution is -0.274. The number of nitrogens with zero attached hydrogens (tertiary/aromatic N) is 3. The molecule has 2 aromatic rings. The molecule has 2 aromatic carbocycles. The van der Waals surface area contributed by atoms with Crippen molar-refractivity contribution in [2.45, 2.75) is 26.4 Å². The van der Waals surface area contributed by atoms with Crippen molar-refractivity contribution in [1.29, 1.82) is 0 Å². The van der Waals surface area contributed by atoms with Gasteiger partial charge in [0.2, 0.25) is 0 Å². The summed E-state index contributed by atoms with van der Waals surface area (Å²) in [5, 5.41) is 3.90. The maximum absolute atomic E-state index is 13.6. The van der Waals surface area contributed by atoms with Crippen LogP contribution in [-0.4, -0.2) is 61.2 Å². The van der Waals surface area contributed by atoms with E-state index in [9.17, 15) is 45.5 Å². The van der Waals surface area contributed by atoms with Crippen molar-refractivity contribution in [2.75, 3.05) is 25.2 Å². The average Bonchev–Trinajstić information content (AvgIpc) is 3.26. The molecule has 0 fully saturated rings. The topological polar surface area (TPSA) is 115 Å². The van der Waals surface area contributed by atoms with Gasteiger partial charge in [-0.05, 0) is 50.2 Å². The number of ether oxygens (including phenoxy) is 3. The molecule has 0 N–H and O–H groups in total. The fourth-order valence-corrected chi connectivity index (χ4v) is 4.16. The second-order valence-electron chi connectivity index (χ2n) is 8.71. The zero-order valence-electron chi connectivity index (χ0n) is 21.8. The summed E-state index contributed by atoms with van der Waals surface area (Å²) in [6.45, 7) is 2.01. The maximum Gasteiger partial charge on any atom is 0.573 e. The van der Waals surface area contributed by atoms with Gasteiger partial charge in [-0.2, -0.15) is 18.3 Å². The molecule has 10 nitrogen and oxygen atoms in total. The molecule has 1 heterocycles. The average molecular weight is 624 g/mol. The minimum Gasteiger partial charge on any atom is -0.465 e. The molecule has 42 heavy (non-hydrogen) atoms. The first-order valence-electron chi connectivity index (χ1n) is 11.7. The number of imide groups is 1. The normalized spacial score (nSPS) is 16.9. The Morgan fingerprint density at radius 1 is 1.05 bits per heavy atom. The zero-order valence-corrected chi connectivity index (χ0v) is 22.6. The number of hydrogen-bond donors (Lipinski definition) is 0. The molecule has 1 atom stereocenters. The van der Waals surface area contributed by atoms with Crippen LogP contribution in [0.4, 0.5) is 36.8 Å². The van der Waals surface area contributed by atoms with Crippen molar-refractivity contribution in [3.05, 3.63) is 58.6 Å². The van der Waals surface area contributed by atoms with Gasteiger partial charge in [0.1, 0.15) is 11.2 Å². The van der Waals surface area contributed by atoms with Crippen molar-refractivity contribution in [2.24, 2.45) is 10.5 Å². The number of methoxy groups -OCH3 is 1. The first kappa shape index (κ1) is 32.2. The number of hydrogen-bond acceptors (Lipinski definition) is 8. The zero-order chi connectivity index (χ0) is 31.6. The van der Waals surface area contributed by atoms with Crippen molar-refractivity contribution >= 4 is 46.9 Å². The molecule has 3 rings (SSSR count). The van der Waals surface area contributed by atoms with E-state index in [-0.39, 0.29) is 22.8 Å². The second-order valence-corrected chi connectivity index (χ2v) is 9.11. The van der Waals surface area contributed by atoms with Crippen LogP contribution in [0.1, 0.15) is 25.0 Å². The number of carbonyl (C=O) groups excluding carboxylic acids is 4. The molecular formula is C25H20ClF6N3O7. The van der Waals surface area contributed by atoms with Crippen LogP contribution in [-0.2, 0) is 30.0 Å². The van der Waals surface area contributed by atoms with Gasteiger partial charge in [-0.1, -0.05) is 17.7 Å². The van der Waals surface area contributed by atoms with E-state index in [1.807, 2.05) is 0 Å². The van der Waals surface area contributed by atoms with Crippen molar-refractivity contribution < 1.29 is 59.7 Å². The van der Waals surface area contributed by atoms with E-state index in [1.54, 1.807) is 0 Å². The van der Waals surface area contributed by atoms with Crippen LogP contribution in [0.25, 0.3) is 0 Å². The van der Waals surface area contributed by atoms with E-state index < -0.39 is 70.4 Å². The number of benzene rings is 2. The molecule has 0 bridgehead atoms. The van der Waals surface area contributed by atoms with Gasteiger partial charge in [0.05, 0.1) is 42.2 Å². The van der Waals surface area contributed by atoms with E-state index in [2.05, 4.69) is 14.6 Å². The molecule has 0 radical (unpaired) electrons. The number of carbonyl (C=O) groups is 4. The van der Waals surface area contributed by atoms with Gasteiger partial charge >= 0.3 is 36.4 Å². The molecule has 1 unspecified atom stereocenters. The van der Waals surface area contributed by atoms with Crippen LogP contribution in [0.2, 0.25) is 5.02 Å². The standard InChI is InChI=1S/C25H20ClF6N3O7/c1-4-41-21(38)23(2)12-34(33-18(23)13-5-10-16(17(26)11-13)24(27,28)29)22(39)35(19(36)20(37)40-3)14-6-8-15(9-7-14)42-25(30,31)32/h5-11H,4,12H2,1-3H3. The third kappa shape index (κ3) is 6.75. The summed E-state index contributed by atoms with van der Waals surface area (Å²) in [7, 11) is 0.835. The van der Waals surface area contributed by atoms with Crippen LogP contribution in [0.15, 0.2) is 47.6 Å². The van der Waals surface area contributed by atoms with Gasteiger partial charge in [-0.15, -0.1) is 13.2 Å². The molecule has 0 aliphatic carbocycles. The third-order valence-electron chi connectivity index (χ3n) is 5.79. The fraction of sp³-hybridized carbons (Fsp3) is 0.320. The van der Waals surface area contributed by atoms with E-state index >= 15 is 0 Å². The highest BCUT2D eigenvalue weighted by atomic mass is 35.5. The van der Waals surface area contributed by atoms with Crippen LogP contribution >= 0.6 is 11.6 Å². The summed E-state index contributed by atoms with van der Waals surface area (Å²) < 4.78 is 90.7. The van der Waals surface area contributed by atoms with Gasteiger partial charge in [-0.3, -0.25) is 9.59 Å². The Bertz CT molecular complexity index is 1430. The number of rotatable bonds is 5. The Labute approximate surface area is 238 Å². The van der Waals surface area contributed by atoms with E-state index in [0.717, 1.165) is 43.5 Å².